The first-order valence-corrected chi connectivity index (χ1v) is 13.0. The number of hydrogen-bond donors (Lipinski definition) is 3. The van der Waals surface area contributed by atoms with E-state index in [0.717, 1.165) is 5.56 Å². The highest BCUT2D eigenvalue weighted by atomic mass is 19.1. The lowest BCUT2D eigenvalue weighted by atomic mass is 9.97. The van der Waals surface area contributed by atoms with E-state index < -0.39 is 11.8 Å². The van der Waals surface area contributed by atoms with Gasteiger partial charge in [-0.2, -0.15) is 0 Å². The van der Waals surface area contributed by atoms with Crippen LogP contribution in [-0.2, 0) is 6.54 Å². The van der Waals surface area contributed by atoms with Gasteiger partial charge < -0.3 is 20.9 Å². The third kappa shape index (κ3) is 8.83. The minimum absolute atomic E-state index is 0.0243. The number of nitrogens with one attached hydrogen (secondary N) is 3. The zero-order valence-electron chi connectivity index (χ0n) is 23.3. The van der Waals surface area contributed by atoms with Crippen LogP contribution in [0.25, 0.3) is 0 Å². The fourth-order valence-electron chi connectivity index (χ4n) is 4.03. The van der Waals surface area contributed by atoms with E-state index in [0.29, 0.717) is 44.8 Å². The van der Waals surface area contributed by atoms with Gasteiger partial charge in [0.15, 0.2) is 0 Å². The van der Waals surface area contributed by atoms with Gasteiger partial charge in [0, 0.05) is 55.9 Å². The average Bonchev–Trinajstić information content (AvgIpc) is 2.83. The molecule has 0 aromatic heterocycles. The molecule has 0 spiro atoms. The van der Waals surface area contributed by atoms with Crippen LogP contribution in [-0.4, -0.2) is 65.9 Å². The van der Waals surface area contributed by atoms with Crippen molar-refractivity contribution in [2.45, 2.75) is 53.6 Å². The maximum absolute atomic E-state index is 14.6. The summed E-state index contributed by atoms with van der Waals surface area (Å²) in [5.41, 5.74) is 1.52. The fraction of sp³-hybridized carbons (Fsp3) is 0.483. The molecule has 0 saturated carbocycles. The van der Waals surface area contributed by atoms with Crippen LogP contribution >= 0.6 is 0 Å². The topological polar surface area (TPSA) is 93.8 Å². The highest BCUT2D eigenvalue weighted by Gasteiger charge is 2.24. The summed E-state index contributed by atoms with van der Waals surface area (Å²) >= 11 is 0. The van der Waals surface area contributed by atoms with Crippen molar-refractivity contribution in [1.29, 1.82) is 0 Å². The van der Waals surface area contributed by atoms with E-state index in [1.165, 1.54) is 18.2 Å². The predicted molar refractivity (Wildman–Crippen MR) is 148 cm³/mol. The van der Waals surface area contributed by atoms with Crippen molar-refractivity contribution >= 4 is 23.5 Å². The van der Waals surface area contributed by atoms with E-state index in [1.54, 1.807) is 11.0 Å². The van der Waals surface area contributed by atoms with E-state index in [1.807, 2.05) is 59.7 Å². The van der Waals surface area contributed by atoms with E-state index in [-0.39, 0.29) is 34.0 Å². The van der Waals surface area contributed by atoms with Crippen molar-refractivity contribution in [1.82, 2.24) is 20.4 Å². The number of hydrogen-bond acceptors (Lipinski definition) is 4. The van der Waals surface area contributed by atoms with Gasteiger partial charge in [0.05, 0.1) is 5.69 Å². The van der Waals surface area contributed by atoms with Crippen LogP contribution in [0, 0.1) is 11.2 Å². The number of piperazine rings is 1. The number of urea groups is 1. The van der Waals surface area contributed by atoms with Crippen LogP contribution in [0.4, 0.5) is 14.9 Å². The molecule has 2 aromatic rings. The number of carbonyl (C=O) groups excluding carboxylic acids is 3. The SMILES string of the molecule is CC(C)(C)CNC(=O)Nc1ccc(C(=O)N2CCN(Cc3cccc(C(=O)NC(C)(C)C)c3)CC2)cc1F. The van der Waals surface area contributed by atoms with E-state index in [2.05, 4.69) is 20.9 Å². The molecule has 1 aliphatic rings. The summed E-state index contributed by atoms with van der Waals surface area (Å²) in [6.07, 6.45) is 0. The van der Waals surface area contributed by atoms with Gasteiger partial charge in [-0.15, -0.1) is 0 Å². The monoisotopic (exact) mass is 525 g/mol. The second kappa shape index (κ2) is 11.9. The van der Waals surface area contributed by atoms with Crippen molar-refractivity contribution in [3.63, 3.8) is 0 Å². The number of anilines is 1. The Labute approximate surface area is 225 Å². The Hall–Kier alpha value is -3.46. The zero-order chi connectivity index (χ0) is 28.1. The molecular formula is C29H40FN5O3. The molecule has 1 fully saturated rings. The Morgan fingerprint density at radius 2 is 1.58 bits per heavy atom. The van der Waals surface area contributed by atoms with Crippen LogP contribution in [0.5, 0.6) is 0 Å². The molecule has 0 unspecified atom stereocenters. The van der Waals surface area contributed by atoms with Gasteiger partial charge in [-0.3, -0.25) is 14.5 Å². The standard InChI is InChI=1S/C29H40FN5O3/c1-28(2,3)19-31-27(38)32-24-11-10-22(17-23(24)30)26(37)35-14-12-34(13-15-35)18-20-8-7-9-21(16-20)25(36)33-29(4,5)6/h7-11,16-17H,12-15,18-19H2,1-6H3,(H,33,36)(H2,31,32,38). The molecule has 3 N–H and O–H groups in total. The second-order valence-electron chi connectivity index (χ2n) is 12.0. The molecule has 0 atom stereocenters. The van der Waals surface area contributed by atoms with Crippen LogP contribution < -0.4 is 16.0 Å². The van der Waals surface area contributed by atoms with Crippen LogP contribution in [0.15, 0.2) is 42.5 Å². The van der Waals surface area contributed by atoms with E-state index in [9.17, 15) is 18.8 Å². The Morgan fingerprint density at radius 3 is 2.18 bits per heavy atom. The van der Waals surface area contributed by atoms with Gasteiger partial charge in [0.1, 0.15) is 5.82 Å². The molecule has 3 rings (SSSR count). The van der Waals surface area contributed by atoms with E-state index >= 15 is 0 Å². The number of nitrogens with zero attached hydrogens (tertiary/aromatic N) is 2. The van der Waals surface area contributed by atoms with Gasteiger partial charge >= 0.3 is 6.03 Å². The summed E-state index contributed by atoms with van der Waals surface area (Å²) in [6.45, 7) is 15.3. The predicted octanol–water partition coefficient (Wildman–Crippen LogP) is 4.48. The zero-order valence-corrected chi connectivity index (χ0v) is 23.3. The summed E-state index contributed by atoms with van der Waals surface area (Å²) in [4.78, 5) is 41.5. The molecule has 1 saturated heterocycles. The highest BCUT2D eigenvalue weighted by Crippen LogP contribution is 2.19. The van der Waals surface area contributed by atoms with E-state index in [4.69, 9.17) is 0 Å². The third-order valence-electron chi connectivity index (χ3n) is 5.99. The molecule has 1 heterocycles. The lowest BCUT2D eigenvalue weighted by Crippen LogP contribution is -2.48. The minimum atomic E-state index is -0.657. The first-order chi connectivity index (χ1) is 17.7. The van der Waals surface area contributed by atoms with Gasteiger partial charge in [0.2, 0.25) is 0 Å². The molecular weight excluding hydrogens is 485 g/mol. The van der Waals surface area contributed by atoms with Crippen molar-refractivity contribution in [3.8, 4) is 0 Å². The maximum atomic E-state index is 14.6. The maximum Gasteiger partial charge on any atom is 0.319 e. The van der Waals surface area contributed by atoms with Gasteiger partial charge in [-0.25, -0.2) is 9.18 Å². The quantitative estimate of drug-likeness (QED) is 0.519. The summed E-state index contributed by atoms with van der Waals surface area (Å²) < 4.78 is 14.6. The van der Waals surface area contributed by atoms with Crippen LogP contribution in [0.2, 0.25) is 0 Å². The molecule has 38 heavy (non-hydrogen) atoms. The lowest BCUT2D eigenvalue weighted by molar-refractivity contribution is 0.0627. The average molecular weight is 526 g/mol. The smallest absolute Gasteiger partial charge is 0.319 e. The first kappa shape index (κ1) is 29.1. The molecule has 9 heteroatoms. The second-order valence-corrected chi connectivity index (χ2v) is 12.0. The number of rotatable bonds is 6. The Morgan fingerprint density at radius 1 is 0.895 bits per heavy atom. The first-order valence-electron chi connectivity index (χ1n) is 13.0. The third-order valence-corrected chi connectivity index (χ3v) is 5.99. The number of amides is 4. The van der Waals surface area contributed by atoms with Crippen LogP contribution in [0.1, 0.15) is 67.8 Å². The summed E-state index contributed by atoms with van der Waals surface area (Å²) in [5.74, 6) is -1.00. The molecule has 2 aromatic carbocycles. The normalized spacial score (nSPS) is 14.7. The summed E-state index contributed by atoms with van der Waals surface area (Å²) in [5, 5.41) is 8.19. The van der Waals surface area contributed by atoms with Gasteiger partial charge in [-0.1, -0.05) is 32.9 Å². The summed E-state index contributed by atoms with van der Waals surface area (Å²) in [7, 11) is 0. The number of halogens is 1. The fourth-order valence-corrected chi connectivity index (χ4v) is 4.03. The lowest BCUT2D eigenvalue weighted by Gasteiger charge is -2.35. The van der Waals surface area contributed by atoms with Crippen molar-refractivity contribution in [2.75, 3.05) is 38.0 Å². The van der Waals surface area contributed by atoms with Crippen molar-refractivity contribution < 1.29 is 18.8 Å². The minimum Gasteiger partial charge on any atom is -0.347 e. The molecule has 0 bridgehead atoms. The van der Waals surface area contributed by atoms with Crippen molar-refractivity contribution in [3.05, 3.63) is 65.0 Å². The Balaban J connectivity index is 1.53. The van der Waals surface area contributed by atoms with Gasteiger partial charge in [-0.05, 0) is 62.1 Å². The Bertz CT molecular complexity index is 1160. The molecule has 0 radical (unpaired) electrons. The number of carbonyl (C=O) groups is 3. The van der Waals surface area contributed by atoms with Crippen LogP contribution in [0.3, 0.4) is 0 Å². The number of benzene rings is 2. The Kier molecular flexibility index (Phi) is 9.14. The van der Waals surface area contributed by atoms with Gasteiger partial charge in [0.25, 0.3) is 11.8 Å². The largest absolute Gasteiger partial charge is 0.347 e. The van der Waals surface area contributed by atoms with Crippen molar-refractivity contribution in [2.24, 2.45) is 5.41 Å². The molecule has 4 amide bonds. The molecule has 206 valence electrons. The molecule has 0 aliphatic carbocycles. The highest BCUT2D eigenvalue weighted by molar-refractivity contribution is 5.96. The summed E-state index contributed by atoms with van der Waals surface area (Å²) in [6, 6.07) is 11.2. The molecule has 8 nitrogen and oxygen atoms in total. The molecule has 1 aliphatic heterocycles.